The molecule has 0 radical (unpaired) electrons. The van der Waals surface area contributed by atoms with E-state index >= 15 is 0 Å². The van der Waals surface area contributed by atoms with Gasteiger partial charge in [0.25, 0.3) is 0 Å². The lowest BCUT2D eigenvalue weighted by molar-refractivity contribution is 0.366. The number of fused-ring (bicyclic) bond motifs is 1. The molecule has 0 unspecified atom stereocenters. The van der Waals surface area contributed by atoms with E-state index in [2.05, 4.69) is 11.1 Å². The second kappa shape index (κ2) is 5.96. The van der Waals surface area contributed by atoms with Crippen LogP contribution in [0.3, 0.4) is 0 Å². The van der Waals surface area contributed by atoms with Crippen LogP contribution in [0, 0.1) is 11.3 Å². The lowest BCUT2D eigenvalue weighted by Gasteiger charge is -2.31. The summed E-state index contributed by atoms with van der Waals surface area (Å²) >= 11 is 6.56. The molecule has 4 rings (SSSR count). The Bertz CT molecular complexity index is 899. The van der Waals surface area contributed by atoms with Crippen LogP contribution in [-0.4, -0.2) is 4.98 Å². The van der Waals surface area contributed by atoms with Crippen LogP contribution in [0.25, 0.3) is 22.6 Å². The van der Waals surface area contributed by atoms with Crippen LogP contribution in [0.5, 0.6) is 0 Å². The maximum Gasteiger partial charge on any atom is 0.227 e. The van der Waals surface area contributed by atoms with Crippen LogP contribution in [0.2, 0.25) is 5.02 Å². The van der Waals surface area contributed by atoms with Crippen molar-refractivity contribution >= 4 is 22.7 Å². The summed E-state index contributed by atoms with van der Waals surface area (Å²) in [6.45, 7) is 0. The minimum absolute atomic E-state index is 0.449. The van der Waals surface area contributed by atoms with Gasteiger partial charge in [-0.1, -0.05) is 49.1 Å². The molecule has 1 fully saturated rings. The van der Waals surface area contributed by atoms with Gasteiger partial charge in [0, 0.05) is 10.6 Å². The van der Waals surface area contributed by atoms with Crippen molar-refractivity contribution in [1.29, 1.82) is 5.26 Å². The van der Waals surface area contributed by atoms with Crippen LogP contribution in [0.1, 0.15) is 37.7 Å². The molecule has 4 heteroatoms. The van der Waals surface area contributed by atoms with Crippen LogP contribution >= 0.6 is 11.6 Å². The summed E-state index contributed by atoms with van der Waals surface area (Å²) in [7, 11) is 0. The molecular weight excluding hydrogens is 320 g/mol. The molecular formula is C20H17ClN2O. The Balaban J connectivity index is 1.75. The minimum Gasteiger partial charge on any atom is -0.436 e. The van der Waals surface area contributed by atoms with Gasteiger partial charge in [0.05, 0.1) is 11.5 Å². The van der Waals surface area contributed by atoms with Crippen molar-refractivity contribution in [2.45, 2.75) is 37.5 Å². The molecule has 3 nitrogen and oxygen atoms in total. The number of halogens is 1. The van der Waals surface area contributed by atoms with Gasteiger partial charge in [0.1, 0.15) is 5.52 Å². The summed E-state index contributed by atoms with van der Waals surface area (Å²) in [4.78, 5) is 4.51. The van der Waals surface area contributed by atoms with Crippen LogP contribution in [-0.2, 0) is 5.41 Å². The molecule has 0 atom stereocenters. The first-order valence-corrected chi connectivity index (χ1v) is 8.67. The highest BCUT2D eigenvalue weighted by molar-refractivity contribution is 6.31. The molecule has 1 heterocycles. The fourth-order valence-electron chi connectivity index (χ4n) is 3.63. The normalized spacial score (nSPS) is 16.8. The topological polar surface area (TPSA) is 49.8 Å². The fraction of sp³-hybridized carbons (Fsp3) is 0.300. The van der Waals surface area contributed by atoms with Crippen LogP contribution in [0.4, 0.5) is 0 Å². The van der Waals surface area contributed by atoms with Gasteiger partial charge in [-0.25, -0.2) is 4.98 Å². The molecule has 0 saturated heterocycles. The van der Waals surface area contributed by atoms with Gasteiger partial charge < -0.3 is 4.42 Å². The zero-order valence-electron chi connectivity index (χ0n) is 13.3. The number of nitrogens with zero attached hydrogens (tertiary/aromatic N) is 2. The Labute approximate surface area is 145 Å². The number of hydrogen-bond donors (Lipinski definition) is 0. The third kappa shape index (κ3) is 2.48. The molecule has 1 aromatic heterocycles. The molecule has 0 N–H and O–H groups in total. The Kier molecular flexibility index (Phi) is 3.78. The van der Waals surface area contributed by atoms with Crippen LogP contribution < -0.4 is 0 Å². The van der Waals surface area contributed by atoms with E-state index in [1.54, 1.807) is 0 Å². The Morgan fingerprint density at radius 1 is 1.08 bits per heavy atom. The predicted octanol–water partition coefficient (Wildman–Crippen LogP) is 5.87. The number of rotatable bonds is 2. The molecule has 0 amide bonds. The van der Waals surface area contributed by atoms with E-state index in [1.165, 1.54) is 6.42 Å². The molecule has 1 aliphatic carbocycles. The maximum atomic E-state index is 9.76. The van der Waals surface area contributed by atoms with Crippen molar-refractivity contribution in [3.63, 3.8) is 0 Å². The van der Waals surface area contributed by atoms with Crippen molar-refractivity contribution in [3.05, 3.63) is 53.1 Å². The highest BCUT2D eigenvalue weighted by Gasteiger charge is 2.35. The number of oxazole rings is 1. The van der Waals surface area contributed by atoms with Crippen molar-refractivity contribution in [2.24, 2.45) is 0 Å². The van der Waals surface area contributed by atoms with Crippen molar-refractivity contribution in [3.8, 4) is 17.5 Å². The fourth-order valence-corrected chi connectivity index (χ4v) is 3.99. The summed E-state index contributed by atoms with van der Waals surface area (Å²) in [5, 5.41) is 10.4. The van der Waals surface area contributed by atoms with Crippen molar-refractivity contribution in [2.75, 3.05) is 0 Å². The van der Waals surface area contributed by atoms with E-state index in [-0.39, 0.29) is 0 Å². The summed E-state index contributed by atoms with van der Waals surface area (Å²) in [5.41, 5.74) is 2.91. The molecule has 0 bridgehead atoms. The summed E-state index contributed by atoms with van der Waals surface area (Å²) in [5.74, 6) is 0.555. The number of para-hydroxylation sites is 2. The molecule has 1 saturated carbocycles. The molecule has 2 aromatic carbocycles. The first-order valence-electron chi connectivity index (χ1n) is 8.29. The third-order valence-corrected chi connectivity index (χ3v) is 5.26. The highest BCUT2D eigenvalue weighted by Crippen LogP contribution is 2.42. The molecule has 24 heavy (non-hydrogen) atoms. The largest absolute Gasteiger partial charge is 0.436 e. The average Bonchev–Trinajstić information content (AvgIpc) is 3.06. The molecule has 1 aliphatic rings. The summed E-state index contributed by atoms with van der Waals surface area (Å²) in [6, 6.07) is 16.0. The van der Waals surface area contributed by atoms with Gasteiger partial charge >= 0.3 is 0 Å². The second-order valence-corrected chi connectivity index (χ2v) is 6.84. The van der Waals surface area contributed by atoms with E-state index in [0.717, 1.165) is 47.9 Å². The molecule has 0 spiro atoms. The standard InChI is InChI=1S/C20H17ClN2O/c21-16-12-14(19-23-17-6-2-3-7-18(17)24-19)8-9-15(16)20(13-22)10-4-1-5-11-20/h2-3,6-9,12H,1,4-5,10-11H2. The first-order chi connectivity index (χ1) is 11.7. The lowest BCUT2D eigenvalue weighted by Crippen LogP contribution is -2.27. The Hall–Kier alpha value is -2.31. The first kappa shape index (κ1) is 15.2. The van der Waals surface area contributed by atoms with E-state index in [0.29, 0.717) is 10.9 Å². The van der Waals surface area contributed by atoms with Crippen molar-refractivity contribution in [1.82, 2.24) is 4.98 Å². The van der Waals surface area contributed by atoms with Gasteiger partial charge in [-0.3, -0.25) is 0 Å². The minimum atomic E-state index is -0.449. The average molecular weight is 337 g/mol. The third-order valence-electron chi connectivity index (χ3n) is 4.95. The van der Waals surface area contributed by atoms with Crippen molar-refractivity contribution < 1.29 is 4.42 Å². The summed E-state index contributed by atoms with van der Waals surface area (Å²) in [6.07, 6.45) is 5.12. The van der Waals surface area contributed by atoms with Gasteiger partial charge in [-0.05, 0) is 42.7 Å². The predicted molar refractivity (Wildman–Crippen MR) is 94.8 cm³/mol. The van der Waals surface area contributed by atoms with E-state index < -0.39 is 5.41 Å². The van der Waals surface area contributed by atoms with E-state index in [4.69, 9.17) is 16.0 Å². The summed E-state index contributed by atoms with van der Waals surface area (Å²) < 4.78 is 5.81. The Morgan fingerprint density at radius 3 is 2.58 bits per heavy atom. The van der Waals surface area contributed by atoms with Gasteiger partial charge in [0.15, 0.2) is 5.58 Å². The quantitative estimate of drug-likeness (QED) is 0.587. The Morgan fingerprint density at radius 2 is 1.88 bits per heavy atom. The number of nitriles is 1. The van der Waals surface area contributed by atoms with E-state index in [1.807, 2.05) is 42.5 Å². The van der Waals surface area contributed by atoms with Gasteiger partial charge in [-0.2, -0.15) is 5.26 Å². The monoisotopic (exact) mass is 336 g/mol. The zero-order valence-corrected chi connectivity index (χ0v) is 14.0. The number of aromatic nitrogens is 1. The number of hydrogen-bond acceptors (Lipinski definition) is 3. The second-order valence-electron chi connectivity index (χ2n) is 6.44. The number of benzene rings is 2. The van der Waals surface area contributed by atoms with Crippen LogP contribution in [0.15, 0.2) is 46.9 Å². The zero-order chi connectivity index (χ0) is 16.6. The lowest BCUT2D eigenvalue weighted by atomic mass is 9.70. The van der Waals surface area contributed by atoms with Gasteiger partial charge in [0.2, 0.25) is 5.89 Å². The smallest absolute Gasteiger partial charge is 0.227 e. The maximum absolute atomic E-state index is 9.76. The molecule has 0 aliphatic heterocycles. The SMILES string of the molecule is N#CC1(c2ccc(-c3nc4ccccc4o3)cc2Cl)CCCCC1. The van der Waals surface area contributed by atoms with E-state index in [9.17, 15) is 5.26 Å². The molecule has 3 aromatic rings. The van der Waals surface area contributed by atoms with Gasteiger partial charge in [-0.15, -0.1) is 0 Å². The highest BCUT2D eigenvalue weighted by atomic mass is 35.5. The molecule has 120 valence electrons.